The fourth-order valence-corrected chi connectivity index (χ4v) is 2.37. The van der Waals surface area contributed by atoms with E-state index in [1.54, 1.807) is 0 Å². The molecule has 1 unspecified atom stereocenters. The Hall–Kier alpha value is -4.12. The first-order valence-corrected chi connectivity index (χ1v) is 8.59. The summed E-state index contributed by atoms with van der Waals surface area (Å²) in [6, 6.07) is 2.60. The second-order valence-corrected chi connectivity index (χ2v) is 6.23. The molecule has 0 aliphatic heterocycles. The Morgan fingerprint density at radius 1 is 1.19 bits per heavy atom. The van der Waals surface area contributed by atoms with Crippen molar-refractivity contribution in [1.82, 2.24) is 42.1 Å². The van der Waals surface area contributed by atoms with E-state index in [0.717, 1.165) is 6.92 Å². The van der Waals surface area contributed by atoms with Gasteiger partial charge in [-0.1, -0.05) is 11.0 Å². The Morgan fingerprint density at radius 2 is 1.87 bits per heavy atom. The first kappa shape index (κ1) is 23.2. The maximum atomic E-state index is 13.7. The lowest BCUT2D eigenvalue weighted by molar-refractivity contribution is -0.135. The average molecular weight is 436 g/mol. The van der Waals surface area contributed by atoms with Gasteiger partial charge >= 0.3 is 6.03 Å². The predicted octanol–water partition coefficient (Wildman–Crippen LogP) is -0.844. The van der Waals surface area contributed by atoms with E-state index in [1.165, 1.54) is 36.8 Å². The highest BCUT2D eigenvalue weighted by Crippen LogP contribution is 2.21. The fourth-order valence-electron chi connectivity index (χ4n) is 2.37. The van der Waals surface area contributed by atoms with Crippen LogP contribution in [0.2, 0.25) is 0 Å². The molecule has 4 amide bonds. The minimum atomic E-state index is -3.28. The SMILES string of the molecule is CNC(=O)NC(C)(C(F)F)[C@H](NC(=O)c1ccc(C#Cc2nn[nH]n2)cc1)C(=O)NO. The van der Waals surface area contributed by atoms with E-state index >= 15 is 0 Å². The fraction of sp³-hybridized carbons (Fsp3) is 0.294. The Kier molecular flexibility index (Phi) is 7.53. The van der Waals surface area contributed by atoms with Crippen LogP contribution in [0.15, 0.2) is 24.3 Å². The molecule has 2 aromatic rings. The summed E-state index contributed by atoms with van der Waals surface area (Å²) in [6.45, 7) is 0.851. The molecule has 14 heteroatoms. The molecule has 31 heavy (non-hydrogen) atoms. The van der Waals surface area contributed by atoms with E-state index in [2.05, 4.69) is 43.1 Å². The van der Waals surface area contributed by atoms with Gasteiger partial charge in [-0.3, -0.25) is 14.8 Å². The Balaban J connectivity index is 2.23. The molecule has 1 heterocycles. The zero-order valence-electron chi connectivity index (χ0n) is 16.2. The third-order valence-electron chi connectivity index (χ3n) is 4.12. The molecule has 1 aromatic heterocycles. The van der Waals surface area contributed by atoms with Crippen LogP contribution in [0.4, 0.5) is 13.6 Å². The number of urea groups is 1. The van der Waals surface area contributed by atoms with Gasteiger partial charge in [0.25, 0.3) is 18.2 Å². The van der Waals surface area contributed by atoms with Gasteiger partial charge < -0.3 is 16.0 Å². The molecule has 0 radical (unpaired) electrons. The second kappa shape index (κ2) is 10.1. The van der Waals surface area contributed by atoms with E-state index in [4.69, 9.17) is 5.21 Å². The highest BCUT2D eigenvalue weighted by molar-refractivity contribution is 5.98. The summed E-state index contributed by atoms with van der Waals surface area (Å²) < 4.78 is 27.5. The van der Waals surface area contributed by atoms with E-state index in [1.807, 2.05) is 5.32 Å². The summed E-state index contributed by atoms with van der Waals surface area (Å²) in [5.41, 5.74) is -0.825. The summed E-state index contributed by atoms with van der Waals surface area (Å²) in [6.07, 6.45) is -3.28. The Morgan fingerprint density at radius 3 is 2.39 bits per heavy atom. The minimum absolute atomic E-state index is 0.0115. The highest BCUT2D eigenvalue weighted by atomic mass is 19.3. The number of tetrazole rings is 1. The quantitative estimate of drug-likeness (QED) is 0.194. The van der Waals surface area contributed by atoms with Crippen LogP contribution in [0.1, 0.15) is 28.7 Å². The first-order chi connectivity index (χ1) is 14.7. The number of aromatic amines is 1. The normalized spacial score (nSPS) is 13.2. The molecule has 0 aliphatic rings. The van der Waals surface area contributed by atoms with Crippen molar-refractivity contribution in [2.45, 2.75) is 24.9 Å². The molecule has 6 N–H and O–H groups in total. The molecule has 2 rings (SSSR count). The van der Waals surface area contributed by atoms with Gasteiger partial charge in [0, 0.05) is 18.2 Å². The summed E-state index contributed by atoms with van der Waals surface area (Å²) in [5, 5.41) is 28.0. The number of benzene rings is 1. The van der Waals surface area contributed by atoms with Crippen LogP contribution >= 0.6 is 0 Å². The third-order valence-corrected chi connectivity index (χ3v) is 4.12. The largest absolute Gasteiger partial charge is 0.341 e. The Bertz CT molecular complexity index is 988. The minimum Gasteiger partial charge on any atom is -0.341 e. The predicted molar refractivity (Wildman–Crippen MR) is 99.8 cm³/mol. The van der Waals surface area contributed by atoms with Crippen LogP contribution in [-0.4, -0.2) is 68.7 Å². The number of hydroxylamine groups is 1. The van der Waals surface area contributed by atoms with Crippen molar-refractivity contribution >= 4 is 17.8 Å². The van der Waals surface area contributed by atoms with Gasteiger partial charge in [0.05, 0.1) is 0 Å². The summed E-state index contributed by atoms with van der Waals surface area (Å²) in [4.78, 5) is 36.2. The lowest BCUT2D eigenvalue weighted by Crippen LogP contribution is -2.69. The molecule has 0 bridgehead atoms. The molecule has 0 aliphatic carbocycles. The van der Waals surface area contributed by atoms with Crippen LogP contribution in [0.25, 0.3) is 0 Å². The number of halogens is 2. The van der Waals surface area contributed by atoms with Gasteiger partial charge in [-0.15, -0.1) is 5.10 Å². The van der Waals surface area contributed by atoms with Crippen molar-refractivity contribution < 1.29 is 28.4 Å². The molecule has 0 saturated heterocycles. The maximum Gasteiger partial charge on any atom is 0.315 e. The van der Waals surface area contributed by atoms with Crippen LogP contribution in [-0.2, 0) is 4.79 Å². The third kappa shape index (κ3) is 5.70. The molecule has 2 atom stereocenters. The molecule has 0 spiro atoms. The molecular weight excluding hydrogens is 418 g/mol. The van der Waals surface area contributed by atoms with Crippen molar-refractivity contribution in [1.29, 1.82) is 0 Å². The highest BCUT2D eigenvalue weighted by Gasteiger charge is 2.48. The first-order valence-electron chi connectivity index (χ1n) is 8.59. The van der Waals surface area contributed by atoms with Crippen molar-refractivity contribution in [3.63, 3.8) is 0 Å². The smallest absolute Gasteiger partial charge is 0.315 e. The van der Waals surface area contributed by atoms with E-state index in [9.17, 15) is 23.2 Å². The monoisotopic (exact) mass is 436 g/mol. The van der Waals surface area contributed by atoms with Gasteiger partial charge in [0.2, 0.25) is 5.82 Å². The van der Waals surface area contributed by atoms with E-state index < -0.39 is 35.9 Å². The van der Waals surface area contributed by atoms with Gasteiger partial charge in [-0.25, -0.2) is 19.1 Å². The lowest BCUT2D eigenvalue weighted by Gasteiger charge is -2.36. The van der Waals surface area contributed by atoms with Gasteiger partial charge in [-0.05, 0) is 42.3 Å². The van der Waals surface area contributed by atoms with E-state index in [-0.39, 0.29) is 11.4 Å². The van der Waals surface area contributed by atoms with Gasteiger partial charge in [-0.2, -0.15) is 5.21 Å². The van der Waals surface area contributed by atoms with Crippen molar-refractivity contribution in [3.8, 4) is 11.8 Å². The maximum absolute atomic E-state index is 13.7. The number of H-pyrrole nitrogens is 1. The molecule has 1 aromatic carbocycles. The number of hydrogen-bond donors (Lipinski definition) is 6. The van der Waals surface area contributed by atoms with Gasteiger partial charge in [0.1, 0.15) is 11.6 Å². The average Bonchev–Trinajstić information content (AvgIpc) is 3.29. The number of aromatic nitrogens is 4. The number of rotatable bonds is 6. The van der Waals surface area contributed by atoms with Crippen LogP contribution in [0.3, 0.4) is 0 Å². The number of carbonyl (C=O) groups excluding carboxylic acids is 3. The van der Waals surface area contributed by atoms with Crippen LogP contribution in [0, 0.1) is 11.8 Å². The zero-order valence-corrected chi connectivity index (χ0v) is 16.2. The Labute approximate surface area is 174 Å². The summed E-state index contributed by atoms with van der Waals surface area (Å²) in [7, 11) is 1.18. The standard InChI is InChI=1S/C17H18F2N8O4/c1-17(15(18)19,22-16(30)20-2)12(14(29)25-31)21-13(28)10-6-3-9(4-7-10)5-8-11-23-26-27-24-11/h3-4,6-7,12,15,31H,1-2H3,(H,21,28)(H,25,29)(H2,20,22,30)(H,23,24,26,27)/t12-,17?/m1/s1. The van der Waals surface area contributed by atoms with Crippen LogP contribution < -0.4 is 21.4 Å². The molecule has 164 valence electrons. The number of hydrogen-bond acceptors (Lipinski definition) is 7. The van der Waals surface area contributed by atoms with Crippen LogP contribution in [0.5, 0.6) is 0 Å². The summed E-state index contributed by atoms with van der Waals surface area (Å²) >= 11 is 0. The summed E-state index contributed by atoms with van der Waals surface area (Å²) in [5.74, 6) is 3.26. The number of nitrogens with one attached hydrogen (secondary N) is 5. The number of carbonyl (C=O) groups is 3. The van der Waals surface area contributed by atoms with Crippen molar-refractivity contribution in [2.75, 3.05) is 7.05 Å². The molecule has 12 nitrogen and oxygen atoms in total. The van der Waals surface area contributed by atoms with Gasteiger partial charge in [0.15, 0.2) is 0 Å². The lowest BCUT2D eigenvalue weighted by atomic mass is 9.91. The number of alkyl halides is 2. The zero-order chi connectivity index (χ0) is 23.0. The van der Waals surface area contributed by atoms with E-state index in [0.29, 0.717) is 5.56 Å². The number of nitrogens with zero attached hydrogens (tertiary/aromatic N) is 3. The number of amides is 4. The second-order valence-electron chi connectivity index (χ2n) is 6.23. The van der Waals surface area contributed by atoms with Crippen molar-refractivity contribution in [3.05, 3.63) is 41.2 Å². The molecule has 0 fully saturated rings. The van der Waals surface area contributed by atoms with Crippen molar-refractivity contribution in [2.24, 2.45) is 0 Å². The topological polar surface area (TPSA) is 174 Å². The molecule has 0 saturated carbocycles. The molecular formula is C17H18F2N8O4.